The first-order valence-corrected chi connectivity index (χ1v) is 10.3. The van der Waals surface area contributed by atoms with Crippen LogP contribution in [0.15, 0.2) is 51.8 Å². The van der Waals surface area contributed by atoms with Crippen LogP contribution < -0.4 is 5.32 Å². The third-order valence-electron chi connectivity index (χ3n) is 4.03. The van der Waals surface area contributed by atoms with Gasteiger partial charge in [-0.15, -0.1) is 5.10 Å². The zero-order chi connectivity index (χ0) is 21.0. The van der Waals surface area contributed by atoms with Gasteiger partial charge in [0.05, 0.1) is 16.2 Å². The maximum absolute atomic E-state index is 13.7. The van der Waals surface area contributed by atoms with Gasteiger partial charge in [-0.25, -0.2) is 17.2 Å². The molecule has 152 valence electrons. The maximum Gasteiger partial charge on any atom is 0.322 e. The van der Waals surface area contributed by atoms with Crippen LogP contribution in [0.2, 0.25) is 0 Å². The number of aromatic nitrogens is 2. The first-order valence-electron chi connectivity index (χ1n) is 8.63. The molecule has 10 heteroatoms. The minimum atomic E-state index is -3.49. The molecule has 0 radical (unpaired) electrons. The average Bonchev–Trinajstić information content (AvgIpc) is 3.10. The van der Waals surface area contributed by atoms with E-state index in [2.05, 4.69) is 15.5 Å². The summed E-state index contributed by atoms with van der Waals surface area (Å²) in [5, 5.41) is 9.51. The standard InChI is InChI=1S/C19H17F2N3O4S/c1-12-4-7-14(8-5-12)29(26,27)10-2-3-17(25)22-19-24-23-18(28-19)15-9-6-13(20)11-16(15)21/h4-9,11H,2-3,10H2,1H3,(H,22,24,25). The minimum Gasteiger partial charge on any atom is -0.403 e. The van der Waals surface area contributed by atoms with Gasteiger partial charge in [0.25, 0.3) is 5.89 Å². The summed E-state index contributed by atoms with van der Waals surface area (Å²) in [6, 6.07) is 9.04. The van der Waals surface area contributed by atoms with Gasteiger partial charge in [-0.05, 0) is 37.6 Å². The average molecular weight is 421 g/mol. The number of nitrogens with one attached hydrogen (secondary N) is 1. The van der Waals surface area contributed by atoms with Crippen LogP contribution in [0.3, 0.4) is 0 Å². The van der Waals surface area contributed by atoms with E-state index in [1.54, 1.807) is 12.1 Å². The van der Waals surface area contributed by atoms with E-state index < -0.39 is 27.4 Å². The fourth-order valence-electron chi connectivity index (χ4n) is 2.51. The van der Waals surface area contributed by atoms with E-state index in [9.17, 15) is 22.0 Å². The molecule has 1 amide bonds. The number of halogens is 2. The van der Waals surface area contributed by atoms with Crippen molar-refractivity contribution >= 4 is 21.8 Å². The monoisotopic (exact) mass is 421 g/mol. The molecular weight excluding hydrogens is 404 g/mol. The van der Waals surface area contributed by atoms with Crippen LogP contribution in [0.1, 0.15) is 18.4 Å². The molecule has 0 bridgehead atoms. The molecule has 0 unspecified atom stereocenters. The van der Waals surface area contributed by atoms with Gasteiger partial charge in [-0.2, -0.15) is 0 Å². The minimum absolute atomic E-state index is 0.0896. The normalized spacial score (nSPS) is 11.4. The zero-order valence-electron chi connectivity index (χ0n) is 15.4. The molecule has 1 heterocycles. The summed E-state index contributed by atoms with van der Waals surface area (Å²) >= 11 is 0. The fourth-order valence-corrected chi connectivity index (χ4v) is 3.82. The largest absolute Gasteiger partial charge is 0.403 e. The molecule has 29 heavy (non-hydrogen) atoms. The summed E-state index contributed by atoms with van der Waals surface area (Å²) in [6.07, 6.45) is 0.00332. The van der Waals surface area contributed by atoms with Gasteiger partial charge in [0, 0.05) is 12.5 Å². The molecule has 0 spiro atoms. The van der Waals surface area contributed by atoms with Gasteiger partial charge in [0.15, 0.2) is 9.84 Å². The number of benzene rings is 2. The van der Waals surface area contributed by atoms with Crippen molar-refractivity contribution in [1.82, 2.24) is 10.2 Å². The Morgan fingerprint density at radius 1 is 1.10 bits per heavy atom. The molecule has 0 aliphatic rings. The number of nitrogens with zero attached hydrogens (tertiary/aromatic N) is 2. The van der Waals surface area contributed by atoms with Gasteiger partial charge >= 0.3 is 6.01 Å². The molecule has 0 atom stereocenters. The van der Waals surface area contributed by atoms with Crippen molar-refractivity contribution in [3.8, 4) is 11.5 Å². The summed E-state index contributed by atoms with van der Waals surface area (Å²) in [5.41, 5.74) is 0.839. The number of sulfone groups is 1. The lowest BCUT2D eigenvalue weighted by atomic mass is 10.2. The Morgan fingerprint density at radius 3 is 2.52 bits per heavy atom. The van der Waals surface area contributed by atoms with Crippen LogP contribution in [0, 0.1) is 18.6 Å². The van der Waals surface area contributed by atoms with Crippen molar-refractivity contribution in [1.29, 1.82) is 0 Å². The molecule has 1 N–H and O–H groups in total. The van der Waals surface area contributed by atoms with Crippen molar-refractivity contribution in [3.63, 3.8) is 0 Å². The molecule has 0 saturated heterocycles. The third kappa shape index (κ3) is 5.23. The van der Waals surface area contributed by atoms with Crippen LogP contribution in [0.4, 0.5) is 14.8 Å². The van der Waals surface area contributed by atoms with Crippen LogP contribution in [-0.4, -0.2) is 30.3 Å². The summed E-state index contributed by atoms with van der Waals surface area (Å²) in [4.78, 5) is 12.2. The highest BCUT2D eigenvalue weighted by Crippen LogP contribution is 2.23. The van der Waals surface area contributed by atoms with Gasteiger partial charge in [0.2, 0.25) is 5.91 Å². The predicted molar refractivity (Wildman–Crippen MR) is 101 cm³/mol. The first-order chi connectivity index (χ1) is 13.7. The van der Waals surface area contributed by atoms with Crippen molar-refractivity contribution in [2.75, 3.05) is 11.1 Å². The second-order valence-electron chi connectivity index (χ2n) is 6.32. The molecule has 1 aromatic heterocycles. The third-order valence-corrected chi connectivity index (χ3v) is 5.85. The number of anilines is 1. The van der Waals surface area contributed by atoms with E-state index in [0.717, 1.165) is 17.7 Å². The number of amides is 1. The van der Waals surface area contributed by atoms with Crippen LogP contribution >= 0.6 is 0 Å². The molecular formula is C19H17F2N3O4S. The highest BCUT2D eigenvalue weighted by atomic mass is 32.2. The molecule has 2 aromatic carbocycles. The van der Waals surface area contributed by atoms with E-state index >= 15 is 0 Å². The summed E-state index contributed by atoms with van der Waals surface area (Å²) in [6.45, 7) is 1.86. The Hall–Kier alpha value is -3.14. The van der Waals surface area contributed by atoms with E-state index in [4.69, 9.17) is 4.42 Å². The Kier molecular flexibility index (Phi) is 6.02. The van der Waals surface area contributed by atoms with Crippen LogP contribution in [0.25, 0.3) is 11.5 Å². The van der Waals surface area contributed by atoms with E-state index in [1.165, 1.54) is 12.1 Å². The summed E-state index contributed by atoms with van der Waals surface area (Å²) in [5.74, 6) is -2.58. The number of carbonyl (C=O) groups excluding carboxylic acids is 1. The van der Waals surface area contributed by atoms with Gasteiger partial charge in [-0.1, -0.05) is 22.8 Å². The number of rotatable bonds is 7. The Balaban J connectivity index is 1.55. The fraction of sp³-hybridized carbons (Fsp3) is 0.211. The number of hydrogen-bond acceptors (Lipinski definition) is 6. The first kappa shape index (κ1) is 20.6. The number of hydrogen-bond donors (Lipinski definition) is 1. The van der Waals surface area contributed by atoms with E-state index in [-0.39, 0.29) is 41.0 Å². The van der Waals surface area contributed by atoms with Gasteiger partial charge in [0.1, 0.15) is 11.6 Å². The smallest absolute Gasteiger partial charge is 0.322 e. The van der Waals surface area contributed by atoms with E-state index in [0.29, 0.717) is 6.07 Å². The highest BCUT2D eigenvalue weighted by Gasteiger charge is 2.17. The number of aryl methyl sites for hydroxylation is 1. The molecule has 3 rings (SSSR count). The summed E-state index contributed by atoms with van der Waals surface area (Å²) < 4.78 is 56.4. The van der Waals surface area contributed by atoms with Gasteiger partial charge in [-0.3, -0.25) is 10.1 Å². The number of carbonyl (C=O) groups is 1. The second kappa shape index (κ2) is 8.48. The lowest BCUT2D eigenvalue weighted by Gasteiger charge is -2.05. The Labute approximate surface area is 165 Å². The summed E-state index contributed by atoms with van der Waals surface area (Å²) in [7, 11) is -3.49. The van der Waals surface area contributed by atoms with Crippen molar-refractivity contribution in [2.24, 2.45) is 0 Å². The Morgan fingerprint density at radius 2 is 1.83 bits per heavy atom. The molecule has 0 saturated carbocycles. The molecule has 0 fully saturated rings. The predicted octanol–water partition coefficient (Wildman–Crippen LogP) is 3.52. The van der Waals surface area contributed by atoms with Crippen LogP contribution in [0.5, 0.6) is 0 Å². The topological polar surface area (TPSA) is 102 Å². The van der Waals surface area contributed by atoms with Crippen LogP contribution in [-0.2, 0) is 14.6 Å². The molecule has 3 aromatic rings. The van der Waals surface area contributed by atoms with Crippen molar-refractivity contribution < 1.29 is 26.4 Å². The molecule has 7 nitrogen and oxygen atoms in total. The zero-order valence-corrected chi connectivity index (χ0v) is 16.2. The lowest BCUT2D eigenvalue weighted by Crippen LogP contribution is -2.14. The quantitative estimate of drug-likeness (QED) is 0.626. The SMILES string of the molecule is Cc1ccc(S(=O)(=O)CCCC(=O)Nc2nnc(-c3ccc(F)cc3F)o2)cc1. The molecule has 0 aliphatic carbocycles. The highest BCUT2D eigenvalue weighted by molar-refractivity contribution is 7.91. The van der Waals surface area contributed by atoms with Crippen molar-refractivity contribution in [3.05, 3.63) is 59.7 Å². The van der Waals surface area contributed by atoms with Crippen molar-refractivity contribution in [2.45, 2.75) is 24.7 Å². The Bertz CT molecular complexity index is 1130. The van der Waals surface area contributed by atoms with Gasteiger partial charge < -0.3 is 4.42 Å². The maximum atomic E-state index is 13.7. The van der Waals surface area contributed by atoms with E-state index in [1.807, 2.05) is 6.92 Å². The molecule has 0 aliphatic heterocycles. The second-order valence-corrected chi connectivity index (χ2v) is 8.43. The lowest BCUT2D eigenvalue weighted by molar-refractivity contribution is -0.116.